The van der Waals surface area contributed by atoms with E-state index in [1.54, 1.807) is 25.1 Å². The lowest BCUT2D eigenvalue weighted by Crippen LogP contribution is -2.45. The third-order valence-corrected chi connectivity index (χ3v) is 3.90. The number of nitrogens with one attached hydrogen (secondary N) is 1. The van der Waals surface area contributed by atoms with Crippen LogP contribution in [0, 0.1) is 6.92 Å². The van der Waals surface area contributed by atoms with Gasteiger partial charge < -0.3 is 5.73 Å². The van der Waals surface area contributed by atoms with Crippen LogP contribution in [-0.2, 0) is 16.1 Å². The van der Waals surface area contributed by atoms with Crippen LogP contribution >= 0.6 is 0 Å². The van der Waals surface area contributed by atoms with E-state index in [1.165, 1.54) is 4.57 Å². The number of carbonyl (C=O) groups excluding carboxylic acids is 2. The Kier molecular flexibility index (Phi) is 5.82. The van der Waals surface area contributed by atoms with Crippen LogP contribution in [0.25, 0.3) is 10.9 Å². The molecule has 2 amide bonds. The predicted molar refractivity (Wildman–Crippen MR) is 95.9 cm³/mol. The summed E-state index contributed by atoms with van der Waals surface area (Å²) in [5, 5.41) is 2.70. The SMILES string of the molecule is C=CC.Cc1nc2ccc(CN)cc2c(=O)n1[C@@H]1CCC(=O)NC1=O. The predicted octanol–water partition coefficient (Wildman–Crippen LogP) is 1.33. The van der Waals surface area contributed by atoms with Crippen molar-refractivity contribution in [2.24, 2.45) is 5.73 Å². The molecule has 7 nitrogen and oxygen atoms in total. The number of aryl methyl sites for hydroxylation is 1. The van der Waals surface area contributed by atoms with Crippen LogP contribution in [0.4, 0.5) is 0 Å². The van der Waals surface area contributed by atoms with E-state index in [1.807, 2.05) is 13.0 Å². The van der Waals surface area contributed by atoms with Crippen LogP contribution in [0.5, 0.6) is 0 Å². The van der Waals surface area contributed by atoms with Crippen molar-refractivity contribution in [3.8, 4) is 0 Å². The lowest BCUT2D eigenvalue weighted by Gasteiger charge is -2.24. The molecule has 1 aromatic carbocycles. The fourth-order valence-electron chi connectivity index (χ4n) is 2.78. The number of fused-ring (bicyclic) bond motifs is 1. The smallest absolute Gasteiger partial charge is 0.262 e. The first-order chi connectivity index (χ1) is 11.9. The highest BCUT2D eigenvalue weighted by atomic mass is 16.2. The number of rotatable bonds is 2. The fraction of sp³-hybridized carbons (Fsp3) is 0.333. The number of hydrogen-bond donors (Lipinski definition) is 2. The highest BCUT2D eigenvalue weighted by Gasteiger charge is 2.30. The fourth-order valence-corrected chi connectivity index (χ4v) is 2.78. The van der Waals surface area contributed by atoms with Gasteiger partial charge in [0.1, 0.15) is 11.9 Å². The molecule has 1 aliphatic heterocycles. The second kappa shape index (κ2) is 7.85. The monoisotopic (exact) mass is 342 g/mol. The van der Waals surface area contributed by atoms with Crippen molar-refractivity contribution in [1.29, 1.82) is 0 Å². The molecule has 2 heterocycles. The van der Waals surface area contributed by atoms with E-state index in [-0.39, 0.29) is 17.9 Å². The molecule has 1 aromatic heterocycles. The maximum Gasteiger partial charge on any atom is 0.262 e. The van der Waals surface area contributed by atoms with Gasteiger partial charge in [0.15, 0.2) is 0 Å². The van der Waals surface area contributed by atoms with Crippen molar-refractivity contribution in [3.05, 3.63) is 52.6 Å². The molecule has 2 aromatic rings. The summed E-state index contributed by atoms with van der Waals surface area (Å²) in [4.78, 5) is 40.5. The second-order valence-electron chi connectivity index (χ2n) is 5.76. The number of nitrogens with zero attached hydrogens (tertiary/aromatic N) is 2. The summed E-state index contributed by atoms with van der Waals surface area (Å²) in [7, 11) is 0. The van der Waals surface area contributed by atoms with Crippen LogP contribution < -0.4 is 16.6 Å². The van der Waals surface area contributed by atoms with E-state index in [0.29, 0.717) is 29.7 Å². The van der Waals surface area contributed by atoms with Gasteiger partial charge in [-0.2, -0.15) is 0 Å². The van der Waals surface area contributed by atoms with Gasteiger partial charge in [0.25, 0.3) is 5.56 Å². The molecular formula is C18H22N4O3. The van der Waals surface area contributed by atoms with E-state index in [9.17, 15) is 14.4 Å². The zero-order chi connectivity index (χ0) is 18.6. The molecule has 132 valence electrons. The molecular weight excluding hydrogens is 320 g/mol. The van der Waals surface area contributed by atoms with E-state index in [0.717, 1.165) is 5.56 Å². The molecule has 1 saturated heterocycles. The minimum atomic E-state index is -0.705. The lowest BCUT2D eigenvalue weighted by atomic mass is 10.0. The van der Waals surface area contributed by atoms with Crippen LogP contribution in [0.3, 0.4) is 0 Å². The van der Waals surface area contributed by atoms with E-state index >= 15 is 0 Å². The largest absolute Gasteiger partial charge is 0.326 e. The molecule has 0 unspecified atom stereocenters. The molecule has 0 aliphatic carbocycles. The third-order valence-electron chi connectivity index (χ3n) is 3.90. The van der Waals surface area contributed by atoms with Crippen molar-refractivity contribution < 1.29 is 9.59 Å². The number of amides is 2. The maximum absolute atomic E-state index is 12.8. The number of piperidine rings is 1. The van der Waals surface area contributed by atoms with Gasteiger partial charge in [0.2, 0.25) is 11.8 Å². The van der Waals surface area contributed by atoms with Gasteiger partial charge in [-0.1, -0.05) is 12.1 Å². The van der Waals surface area contributed by atoms with Crippen molar-refractivity contribution in [3.63, 3.8) is 0 Å². The van der Waals surface area contributed by atoms with Crippen LogP contribution in [0.15, 0.2) is 35.6 Å². The highest BCUT2D eigenvalue weighted by Crippen LogP contribution is 2.20. The van der Waals surface area contributed by atoms with Gasteiger partial charge in [0.05, 0.1) is 10.9 Å². The number of nitrogens with two attached hydrogens (primary N) is 1. The minimum Gasteiger partial charge on any atom is -0.326 e. The first-order valence-corrected chi connectivity index (χ1v) is 8.05. The summed E-state index contributed by atoms with van der Waals surface area (Å²) in [5.74, 6) is -0.323. The first kappa shape index (κ1) is 18.5. The van der Waals surface area contributed by atoms with Crippen molar-refractivity contribution >= 4 is 22.7 Å². The Morgan fingerprint density at radius 3 is 2.68 bits per heavy atom. The first-order valence-electron chi connectivity index (χ1n) is 8.05. The van der Waals surface area contributed by atoms with Gasteiger partial charge in [-0.15, -0.1) is 6.58 Å². The van der Waals surface area contributed by atoms with E-state index in [4.69, 9.17) is 5.73 Å². The lowest BCUT2D eigenvalue weighted by molar-refractivity contribution is -0.135. The van der Waals surface area contributed by atoms with Crippen LogP contribution in [0.1, 0.15) is 37.2 Å². The minimum absolute atomic E-state index is 0.211. The summed E-state index contributed by atoms with van der Waals surface area (Å²) >= 11 is 0. The van der Waals surface area contributed by atoms with Gasteiger partial charge in [-0.05, 0) is 38.0 Å². The molecule has 1 fully saturated rings. The maximum atomic E-state index is 12.8. The summed E-state index contributed by atoms with van der Waals surface area (Å²) < 4.78 is 1.37. The van der Waals surface area contributed by atoms with Gasteiger partial charge >= 0.3 is 0 Å². The number of aromatic nitrogens is 2. The molecule has 1 atom stereocenters. The summed E-state index contributed by atoms with van der Waals surface area (Å²) in [5.41, 5.74) is 6.72. The topological polar surface area (TPSA) is 107 Å². The molecule has 0 radical (unpaired) electrons. The van der Waals surface area contributed by atoms with E-state index < -0.39 is 11.9 Å². The van der Waals surface area contributed by atoms with Gasteiger partial charge in [-0.3, -0.25) is 24.3 Å². The summed E-state index contributed by atoms with van der Waals surface area (Å²) in [6.07, 6.45) is 2.26. The number of allylic oxidation sites excluding steroid dienone is 1. The molecule has 3 rings (SSSR count). The average Bonchev–Trinajstić information content (AvgIpc) is 2.57. The molecule has 0 spiro atoms. The van der Waals surface area contributed by atoms with Crippen LogP contribution in [-0.4, -0.2) is 21.4 Å². The molecule has 3 N–H and O–H groups in total. The number of imide groups is 1. The third kappa shape index (κ3) is 3.83. The zero-order valence-corrected chi connectivity index (χ0v) is 14.4. The summed E-state index contributed by atoms with van der Waals surface area (Å²) in [6, 6.07) is 4.57. The highest BCUT2D eigenvalue weighted by molar-refractivity contribution is 5.99. The van der Waals surface area contributed by atoms with Crippen molar-refractivity contribution in [2.75, 3.05) is 0 Å². The van der Waals surface area contributed by atoms with Gasteiger partial charge in [0, 0.05) is 13.0 Å². The molecule has 25 heavy (non-hydrogen) atoms. The van der Waals surface area contributed by atoms with Crippen LogP contribution in [0.2, 0.25) is 0 Å². The Labute approximate surface area is 145 Å². The average molecular weight is 342 g/mol. The van der Waals surface area contributed by atoms with E-state index in [2.05, 4.69) is 16.9 Å². The molecule has 0 saturated carbocycles. The molecule has 7 heteroatoms. The number of hydrogen-bond acceptors (Lipinski definition) is 5. The second-order valence-corrected chi connectivity index (χ2v) is 5.76. The Balaban J connectivity index is 0.000000701. The number of benzene rings is 1. The summed E-state index contributed by atoms with van der Waals surface area (Å²) in [6.45, 7) is 7.25. The zero-order valence-electron chi connectivity index (χ0n) is 14.4. The Morgan fingerprint density at radius 2 is 2.08 bits per heavy atom. The van der Waals surface area contributed by atoms with Crippen molar-refractivity contribution in [1.82, 2.24) is 14.9 Å². The quantitative estimate of drug-likeness (QED) is 0.632. The Morgan fingerprint density at radius 1 is 1.40 bits per heavy atom. The Bertz CT molecular complexity index is 886. The standard InChI is InChI=1S/C15H16N4O3.C3H6/c1-8-17-11-3-2-9(7-16)6-10(11)15(22)19(8)12-4-5-13(20)18-14(12)21;1-3-2/h2-3,6,12H,4-5,7,16H2,1H3,(H,18,20,21);3H,1H2,2H3/t12-;/m1./s1. The molecule has 1 aliphatic rings. The molecule has 0 bridgehead atoms. The number of carbonyl (C=O) groups is 2. The normalized spacial score (nSPS) is 16.8. The van der Waals surface area contributed by atoms with Gasteiger partial charge in [-0.25, -0.2) is 4.98 Å². The Hall–Kier alpha value is -2.80. The van der Waals surface area contributed by atoms with Crippen molar-refractivity contribution in [2.45, 2.75) is 39.3 Å².